The molecule has 3 nitrogen and oxygen atoms in total. The Morgan fingerprint density at radius 3 is 2.58 bits per heavy atom. The first kappa shape index (κ1) is 14.2. The molecule has 1 saturated carbocycles. The van der Waals surface area contributed by atoms with Gasteiger partial charge in [-0.2, -0.15) is 0 Å². The number of ether oxygens (including phenoxy) is 1. The molecule has 2 N–H and O–H groups in total. The van der Waals surface area contributed by atoms with Gasteiger partial charge in [-0.1, -0.05) is 26.7 Å². The summed E-state index contributed by atoms with van der Waals surface area (Å²) in [5, 5.41) is 13.5. The molecule has 1 aliphatic carbocycles. The van der Waals surface area contributed by atoms with Crippen LogP contribution in [0.2, 0.25) is 0 Å². The summed E-state index contributed by atoms with van der Waals surface area (Å²) in [6, 6.07) is 7.93. The topological polar surface area (TPSA) is 41.5 Å². The number of rotatable bonds is 4. The molecule has 2 rings (SSSR count). The fourth-order valence-electron chi connectivity index (χ4n) is 3.16. The summed E-state index contributed by atoms with van der Waals surface area (Å²) >= 11 is 0. The van der Waals surface area contributed by atoms with E-state index in [1.807, 2.05) is 24.3 Å². The summed E-state index contributed by atoms with van der Waals surface area (Å²) in [4.78, 5) is 0. The second-order valence-corrected chi connectivity index (χ2v) is 5.83. The highest BCUT2D eigenvalue weighted by Crippen LogP contribution is 2.39. The van der Waals surface area contributed by atoms with Crippen LogP contribution < -0.4 is 10.1 Å². The van der Waals surface area contributed by atoms with Gasteiger partial charge in [0.2, 0.25) is 0 Å². The van der Waals surface area contributed by atoms with E-state index in [1.165, 1.54) is 12.8 Å². The molecule has 0 radical (unpaired) electrons. The first-order chi connectivity index (χ1) is 9.11. The van der Waals surface area contributed by atoms with Crippen molar-refractivity contribution in [3.05, 3.63) is 24.3 Å². The molecule has 106 valence electrons. The van der Waals surface area contributed by atoms with Crippen molar-refractivity contribution in [1.82, 2.24) is 0 Å². The molecular weight excluding hydrogens is 238 g/mol. The van der Waals surface area contributed by atoms with Crippen LogP contribution in [0.5, 0.6) is 5.75 Å². The molecule has 0 amide bonds. The van der Waals surface area contributed by atoms with Crippen LogP contribution in [0, 0.1) is 11.8 Å². The number of methoxy groups -OCH3 is 1. The average molecular weight is 263 g/mol. The van der Waals surface area contributed by atoms with E-state index in [4.69, 9.17) is 4.74 Å². The van der Waals surface area contributed by atoms with Gasteiger partial charge in [-0.25, -0.2) is 0 Å². The smallest absolute Gasteiger partial charge is 0.119 e. The molecule has 3 unspecified atom stereocenters. The van der Waals surface area contributed by atoms with E-state index in [-0.39, 0.29) is 12.1 Å². The molecule has 1 fully saturated rings. The molecule has 1 aromatic carbocycles. The van der Waals surface area contributed by atoms with E-state index in [2.05, 4.69) is 19.2 Å². The Morgan fingerprint density at radius 1 is 1.32 bits per heavy atom. The number of benzene rings is 1. The van der Waals surface area contributed by atoms with Gasteiger partial charge in [0, 0.05) is 5.69 Å². The largest absolute Gasteiger partial charge is 0.497 e. The zero-order valence-electron chi connectivity index (χ0n) is 12.1. The van der Waals surface area contributed by atoms with Crippen LogP contribution in [0.4, 0.5) is 5.69 Å². The molecule has 1 aliphatic rings. The molecule has 0 aromatic heterocycles. The zero-order valence-corrected chi connectivity index (χ0v) is 12.1. The van der Waals surface area contributed by atoms with Gasteiger partial charge in [0.1, 0.15) is 5.75 Å². The SMILES string of the molecule is COc1ccc(NC2(CO)CCCC(C)C2C)cc1. The van der Waals surface area contributed by atoms with Crippen LogP contribution >= 0.6 is 0 Å². The van der Waals surface area contributed by atoms with Gasteiger partial charge in [-0.05, 0) is 42.5 Å². The summed E-state index contributed by atoms with van der Waals surface area (Å²) < 4.78 is 5.17. The first-order valence-corrected chi connectivity index (χ1v) is 7.14. The molecule has 3 atom stereocenters. The van der Waals surface area contributed by atoms with Crippen molar-refractivity contribution >= 4 is 5.69 Å². The lowest BCUT2D eigenvalue weighted by molar-refractivity contribution is 0.0925. The Kier molecular flexibility index (Phi) is 4.35. The number of aliphatic hydroxyl groups is 1. The monoisotopic (exact) mass is 263 g/mol. The van der Waals surface area contributed by atoms with Gasteiger partial charge in [0.25, 0.3) is 0 Å². The number of hydrogen-bond acceptors (Lipinski definition) is 3. The van der Waals surface area contributed by atoms with Gasteiger partial charge in [-0.3, -0.25) is 0 Å². The molecule has 19 heavy (non-hydrogen) atoms. The van der Waals surface area contributed by atoms with Crippen molar-refractivity contribution in [3.8, 4) is 5.75 Å². The fourth-order valence-corrected chi connectivity index (χ4v) is 3.16. The van der Waals surface area contributed by atoms with Crippen LogP contribution in [0.15, 0.2) is 24.3 Å². The Morgan fingerprint density at radius 2 is 2.00 bits per heavy atom. The van der Waals surface area contributed by atoms with E-state index >= 15 is 0 Å². The fraction of sp³-hybridized carbons (Fsp3) is 0.625. The molecule has 0 heterocycles. The summed E-state index contributed by atoms with van der Waals surface area (Å²) in [5.41, 5.74) is 0.863. The lowest BCUT2D eigenvalue weighted by Crippen LogP contribution is -2.52. The number of anilines is 1. The van der Waals surface area contributed by atoms with E-state index < -0.39 is 0 Å². The van der Waals surface area contributed by atoms with E-state index in [0.717, 1.165) is 17.9 Å². The molecule has 3 heteroatoms. The number of hydrogen-bond donors (Lipinski definition) is 2. The van der Waals surface area contributed by atoms with E-state index in [0.29, 0.717) is 11.8 Å². The number of aliphatic hydroxyl groups excluding tert-OH is 1. The summed E-state index contributed by atoms with van der Waals surface area (Å²) in [5.74, 6) is 1.97. The third-order valence-corrected chi connectivity index (χ3v) is 4.77. The first-order valence-electron chi connectivity index (χ1n) is 7.14. The number of nitrogens with one attached hydrogen (secondary N) is 1. The molecule has 0 spiro atoms. The molecule has 0 saturated heterocycles. The van der Waals surface area contributed by atoms with Gasteiger partial charge in [-0.15, -0.1) is 0 Å². The van der Waals surface area contributed by atoms with E-state index in [9.17, 15) is 5.11 Å². The highest BCUT2D eigenvalue weighted by Gasteiger charge is 2.41. The van der Waals surface area contributed by atoms with Crippen molar-refractivity contribution in [2.75, 3.05) is 19.0 Å². The van der Waals surface area contributed by atoms with Crippen molar-refractivity contribution in [2.24, 2.45) is 11.8 Å². The maximum Gasteiger partial charge on any atom is 0.119 e. The highest BCUT2D eigenvalue weighted by molar-refractivity contribution is 5.49. The standard InChI is InChI=1S/C16H25NO2/c1-12-5-4-10-16(11-18,13(12)2)17-14-6-8-15(19-3)9-7-14/h6-9,12-13,17-18H,4-5,10-11H2,1-3H3. The average Bonchev–Trinajstić information content (AvgIpc) is 2.45. The normalized spacial score (nSPS) is 30.9. The Labute approximate surface area is 116 Å². The van der Waals surface area contributed by atoms with Crippen molar-refractivity contribution in [2.45, 2.75) is 38.6 Å². The molecular formula is C16H25NO2. The van der Waals surface area contributed by atoms with Crippen molar-refractivity contribution in [1.29, 1.82) is 0 Å². The quantitative estimate of drug-likeness (QED) is 0.876. The maximum absolute atomic E-state index is 9.90. The van der Waals surface area contributed by atoms with Crippen molar-refractivity contribution < 1.29 is 9.84 Å². The molecule has 0 bridgehead atoms. The van der Waals surface area contributed by atoms with E-state index in [1.54, 1.807) is 7.11 Å². The summed E-state index contributed by atoms with van der Waals surface area (Å²) in [6.07, 6.45) is 3.46. The third kappa shape index (κ3) is 2.86. The lowest BCUT2D eigenvalue weighted by Gasteiger charge is -2.46. The van der Waals surface area contributed by atoms with Crippen LogP contribution in [0.1, 0.15) is 33.1 Å². The lowest BCUT2D eigenvalue weighted by atomic mass is 9.68. The minimum absolute atomic E-state index is 0.185. The van der Waals surface area contributed by atoms with Crippen LogP contribution in [-0.4, -0.2) is 24.4 Å². The summed E-state index contributed by atoms with van der Waals surface area (Å²) in [6.45, 7) is 4.71. The minimum atomic E-state index is -0.188. The molecule has 0 aliphatic heterocycles. The van der Waals surface area contributed by atoms with Gasteiger partial charge in [0.15, 0.2) is 0 Å². The highest BCUT2D eigenvalue weighted by atomic mass is 16.5. The Hall–Kier alpha value is -1.22. The zero-order chi connectivity index (χ0) is 13.9. The van der Waals surface area contributed by atoms with Gasteiger partial charge >= 0.3 is 0 Å². The van der Waals surface area contributed by atoms with Crippen LogP contribution in [0.25, 0.3) is 0 Å². The van der Waals surface area contributed by atoms with Gasteiger partial charge < -0.3 is 15.2 Å². The van der Waals surface area contributed by atoms with Crippen molar-refractivity contribution in [3.63, 3.8) is 0 Å². The van der Waals surface area contributed by atoms with Gasteiger partial charge in [0.05, 0.1) is 19.3 Å². The predicted octanol–water partition coefficient (Wildman–Crippen LogP) is 3.29. The van der Waals surface area contributed by atoms with Crippen LogP contribution in [0.3, 0.4) is 0 Å². The second kappa shape index (κ2) is 5.83. The van der Waals surface area contributed by atoms with Crippen LogP contribution in [-0.2, 0) is 0 Å². The maximum atomic E-state index is 9.90. The molecule has 1 aromatic rings. The third-order valence-electron chi connectivity index (χ3n) is 4.77. The Balaban J connectivity index is 2.16. The summed E-state index contributed by atoms with van der Waals surface area (Å²) in [7, 11) is 1.67. The predicted molar refractivity (Wildman–Crippen MR) is 78.6 cm³/mol. The minimum Gasteiger partial charge on any atom is -0.497 e. The Bertz CT molecular complexity index is 404. The second-order valence-electron chi connectivity index (χ2n) is 5.83.